The van der Waals surface area contributed by atoms with E-state index >= 15 is 0 Å². The molecule has 5 heteroatoms. The van der Waals surface area contributed by atoms with E-state index in [1.807, 2.05) is 11.4 Å². The Balaban J connectivity index is 2.57. The molecule has 0 aliphatic heterocycles. The zero-order chi connectivity index (χ0) is 13.8. The van der Waals surface area contributed by atoms with Gasteiger partial charge >= 0.3 is 0 Å². The van der Waals surface area contributed by atoms with E-state index in [1.54, 1.807) is 25.3 Å². The first-order valence-electron chi connectivity index (χ1n) is 5.59. The maximum Gasteiger partial charge on any atom is 0.210 e. The van der Waals surface area contributed by atoms with Crippen molar-refractivity contribution in [1.29, 1.82) is 0 Å². The first-order valence-corrected chi connectivity index (χ1v) is 6.47. The van der Waals surface area contributed by atoms with Crippen LogP contribution >= 0.6 is 11.3 Å². The van der Waals surface area contributed by atoms with Crippen LogP contribution in [0.25, 0.3) is 0 Å². The van der Waals surface area contributed by atoms with Crippen LogP contribution in [0.5, 0.6) is 17.2 Å². The normalized spacial score (nSPS) is 10.1. The topological polar surface area (TPSA) is 44.8 Å². The first kappa shape index (κ1) is 13.4. The largest absolute Gasteiger partial charge is 0.496 e. The van der Waals surface area contributed by atoms with Crippen molar-refractivity contribution in [3.63, 3.8) is 0 Å². The third-order valence-corrected chi connectivity index (χ3v) is 3.56. The molecule has 0 aliphatic carbocycles. The summed E-state index contributed by atoms with van der Waals surface area (Å²) in [5.41, 5.74) is 0.410. The molecule has 0 fully saturated rings. The van der Waals surface area contributed by atoms with Gasteiger partial charge in [-0.3, -0.25) is 4.79 Å². The second-order valence-electron chi connectivity index (χ2n) is 3.71. The van der Waals surface area contributed by atoms with Gasteiger partial charge in [-0.25, -0.2) is 0 Å². The summed E-state index contributed by atoms with van der Waals surface area (Å²) in [7, 11) is 4.58. The molecular formula is C14H14O4S. The van der Waals surface area contributed by atoms with E-state index in [1.165, 1.54) is 25.6 Å². The Labute approximate surface area is 115 Å². The molecule has 0 atom stereocenters. The minimum absolute atomic E-state index is 0.119. The summed E-state index contributed by atoms with van der Waals surface area (Å²) >= 11 is 1.38. The lowest BCUT2D eigenvalue weighted by molar-refractivity contribution is 0.103. The van der Waals surface area contributed by atoms with Crippen molar-refractivity contribution in [1.82, 2.24) is 0 Å². The zero-order valence-corrected chi connectivity index (χ0v) is 11.7. The summed E-state index contributed by atoms with van der Waals surface area (Å²) in [5, 5.41) is 1.86. The SMILES string of the molecule is COc1cc(OC)c(C(=O)c2cccs2)c(OC)c1. The Hall–Kier alpha value is -2.01. The van der Waals surface area contributed by atoms with Crippen LogP contribution < -0.4 is 14.2 Å². The highest BCUT2D eigenvalue weighted by atomic mass is 32.1. The van der Waals surface area contributed by atoms with Crippen LogP contribution in [-0.4, -0.2) is 27.1 Å². The van der Waals surface area contributed by atoms with Crippen molar-refractivity contribution < 1.29 is 19.0 Å². The molecule has 0 N–H and O–H groups in total. The van der Waals surface area contributed by atoms with E-state index in [9.17, 15) is 4.79 Å². The predicted octanol–water partition coefficient (Wildman–Crippen LogP) is 3.00. The van der Waals surface area contributed by atoms with Crippen LogP contribution in [0, 0.1) is 0 Å². The van der Waals surface area contributed by atoms with Crippen LogP contribution in [0.2, 0.25) is 0 Å². The molecule has 0 aliphatic rings. The molecule has 1 aromatic heterocycles. The van der Waals surface area contributed by atoms with Gasteiger partial charge in [-0.05, 0) is 11.4 Å². The number of thiophene rings is 1. The van der Waals surface area contributed by atoms with E-state index in [2.05, 4.69) is 0 Å². The lowest BCUT2D eigenvalue weighted by Gasteiger charge is -2.13. The maximum atomic E-state index is 12.5. The number of carbonyl (C=O) groups excluding carboxylic acids is 1. The van der Waals surface area contributed by atoms with Crippen LogP contribution in [0.1, 0.15) is 15.2 Å². The number of ether oxygens (including phenoxy) is 3. The summed E-state index contributed by atoms with van der Waals surface area (Å²) in [6.45, 7) is 0. The second-order valence-corrected chi connectivity index (χ2v) is 4.66. The fourth-order valence-corrected chi connectivity index (χ4v) is 2.43. The standard InChI is InChI=1S/C14H14O4S/c1-16-9-7-10(17-2)13(11(8-9)18-3)14(15)12-5-4-6-19-12/h4-8H,1-3H3. The van der Waals surface area contributed by atoms with E-state index in [4.69, 9.17) is 14.2 Å². The zero-order valence-electron chi connectivity index (χ0n) is 10.9. The smallest absolute Gasteiger partial charge is 0.210 e. The third-order valence-electron chi connectivity index (χ3n) is 2.69. The van der Waals surface area contributed by atoms with E-state index in [-0.39, 0.29) is 5.78 Å². The molecule has 0 unspecified atom stereocenters. The highest BCUT2D eigenvalue weighted by Gasteiger charge is 2.22. The third kappa shape index (κ3) is 2.56. The molecule has 19 heavy (non-hydrogen) atoms. The molecule has 4 nitrogen and oxygen atoms in total. The fraction of sp³-hybridized carbons (Fsp3) is 0.214. The number of hydrogen-bond acceptors (Lipinski definition) is 5. The molecule has 0 spiro atoms. The average molecular weight is 278 g/mol. The molecule has 0 radical (unpaired) electrons. The van der Waals surface area contributed by atoms with Crippen molar-refractivity contribution in [2.24, 2.45) is 0 Å². The molecule has 2 aromatic rings. The van der Waals surface area contributed by atoms with Gasteiger partial charge in [0.1, 0.15) is 22.8 Å². The highest BCUT2D eigenvalue weighted by Crippen LogP contribution is 2.36. The maximum absolute atomic E-state index is 12.5. The summed E-state index contributed by atoms with van der Waals surface area (Å²) in [5.74, 6) is 1.34. The van der Waals surface area contributed by atoms with Gasteiger partial charge in [-0.1, -0.05) is 6.07 Å². The van der Waals surface area contributed by atoms with Gasteiger partial charge in [0.25, 0.3) is 0 Å². The van der Waals surface area contributed by atoms with Gasteiger partial charge in [0.05, 0.1) is 26.2 Å². The average Bonchev–Trinajstić information content (AvgIpc) is 2.99. The summed E-state index contributed by atoms with van der Waals surface area (Å²) in [6.07, 6.45) is 0. The number of ketones is 1. The van der Waals surface area contributed by atoms with Crippen molar-refractivity contribution in [3.05, 3.63) is 40.1 Å². The summed E-state index contributed by atoms with van der Waals surface area (Å²) in [6, 6.07) is 6.95. The molecule has 1 heterocycles. The second kappa shape index (κ2) is 5.75. The fourth-order valence-electron chi connectivity index (χ4n) is 1.76. The lowest BCUT2D eigenvalue weighted by atomic mass is 10.1. The lowest BCUT2D eigenvalue weighted by Crippen LogP contribution is -2.05. The molecule has 0 bridgehead atoms. The molecule has 0 saturated heterocycles. The molecule has 2 rings (SSSR count). The molecule has 1 aromatic carbocycles. The Morgan fingerprint density at radius 1 is 1.05 bits per heavy atom. The molecular weight excluding hydrogens is 264 g/mol. The van der Waals surface area contributed by atoms with Crippen LogP contribution in [0.15, 0.2) is 29.6 Å². The number of benzene rings is 1. The number of hydrogen-bond donors (Lipinski definition) is 0. The van der Waals surface area contributed by atoms with Crippen molar-refractivity contribution in [3.8, 4) is 17.2 Å². The minimum Gasteiger partial charge on any atom is -0.496 e. The summed E-state index contributed by atoms with van der Waals surface area (Å²) < 4.78 is 15.7. The van der Waals surface area contributed by atoms with Gasteiger partial charge in [-0.15, -0.1) is 11.3 Å². The number of methoxy groups -OCH3 is 3. The number of carbonyl (C=O) groups is 1. The predicted molar refractivity (Wildman–Crippen MR) is 73.8 cm³/mol. The Bertz CT molecular complexity index is 550. The van der Waals surface area contributed by atoms with Gasteiger partial charge < -0.3 is 14.2 Å². The quantitative estimate of drug-likeness (QED) is 0.789. The Morgan fingerprint density at radius 2 is 1.68 bits per heavy atom. The molecule has 100 valence electrons. The number of rotatable bonds is 5. The van der Waals surface area contributed by atoms with Gasteiger partial charge in [-0.2, -0.15) is 0 Å². The van der Waals surface area contributed by atoms with E-state index < -0.39 is 0 Å². The first-order chi connectivity index (χ1) is 9.21. The van der Waals surface area contributed by atoms with Crippen LogP contribution in [0.3, 0.4) is 0 Å². The van der Waals surface area contributed by atoms with Crippen LogP contribution in [-0.2, 0) is 0 Å². The van der Waals surface area contributed by atoms with Gasteiger partial charge in [0.15, 0.2) is 0 Å². The monoisotopic (exact) mass is 278 g/mol. The molecule has 0 amide bonds. The van der Waals surface area contributed by atoms with E-state index in [0.717, 1.165) is 0 Å². The van der Waals surface area contributed by atoms with Crippen molar-refractivity contribution >= 4 is 17.1 Å². The summed E-state index contributed by atoms with van der Waals surface area (Å²) in [4.78, 5) is 13.1. The van der Waals surface area contributed by atoms with Gasteiger partial charge in [0, 0.05) is 12.1 Å². The van der Waals surface area contributed by atoms with E-state index in [0.29, 0.717) is 27.7 Å². The van der Waals surface area contributed by atoms with Crippen molar-refractivity contribution in [2.45, 2.75) is 0 Å². The Kier molecular flexibility index (Phi) is 4.06. The van der Waals surface area contributed by atoms with Gasteiger partial charge in [0.2, 0.25) is 5.78 Å². The minimum atomic E-state index is -0.119. The highest BCUT2D eigenvalue weighted by molar-refractivity contribution is 7.12. The molecule has 0 saturated carbocycles. The van der Waals surface area contributed by atoms with Crippen LogP contribution in [0.4, 0.5) is 0 Å². The Morgan fingerprint density at radius 3 is 2.11 bits per heavy atom. The van der Waals surface area contributed by atoms with Crippen molar-refractivity contribution in [2.75, 3.05) is 21.3 Å².